The van der Waals surface area contributed by atoms with Crippen molar-refractivity contribution >= 4 is 18.0 Å². The molecule has 0 bridgehead atoms. The third-order valence-electron chi connectivity index (χ3n) is 2.83. The molecule has 2 amide bonds. The fourth-order valence-corrected chi connectivity index (χ4v) is 1.86. The second kappa shape index (κ2) is 6.17. The van der Waals surface area contributed by atoms with E-state index in [1.165, 1.54) is 0 Å². The molecule has 0 N–H and O–H groups in total. The zero-order valence-electron chi connectivity index (χ0n) is 10.4. The van der Waals surface area contributed by atoms with E-state index in [1.807, 2.05) is 18.2 Å². The summed E-state index contributed by atoms with van der Waals surface area (Å²) in [5, 5.41) is 0.481. The van der Waals surface area contributed by atoms with E-state index in [2.05, 4.69) is 4.84 Å². The van der Waals surface area contributed by atoms with Crippen molar-refractivity contribution in [2.45, 2.75) is 38.2 Å². The second-order valence-electron chi connectivity index (χ2n) is 4.29. The van der Waals surface area contributed by atoms with Gasteiger partial charge in [-0.25, -0.2) is 4.79 Å². The molecule has 1 fully saturated rings. The number of ether oxygens (including phenoxy) is 1. The molecule has 0 aromatic heterocycles. The summed E-state index contributed by atoms with van der Waals surface area (Å²) in [6.45, 7) is 0. The number of rotatable bonds is 2. The first-order valence-electron chi connectivity index (χ1n) is 6.23. The topological polar surface area (TPSA) is 72.9 Å². The number of hydroxylamine groups is 2. The molecule has 0 aromatic carbocycles. The third kappa shape index (κ3) is 3.67. The molecule has 0 radical (unpaired) electrons. The van der Waals surface area contributed by atoms with E-state index in [9.17, 15) is 14.4 Å². The fraction of sp³-hybridized carbons (Fsp3) is 0.462. The maximum Gasteiger partial charge on any atom is 0.534 e. The Morgan fingerprint density at radius 1 is 1.16 bits per heavy atom. The molecule has 2 rings (SSSR count). The van der Waals surface area contributed by atoms with Crippen LogP contribution in [0, 0.1) is 0 Å². The van der Waals surface area contributed by atoms with Gasteiger partial charge in [0.1, 0.15) is 6.10 Å². The maximum absolute atomic E-state index is 11.5. The molecule has 0 spiro atoms. The van der Waals surface area contributed by atoms with Gasteiger partial charge in [-0.05, 0) is 25.3 Å². The zero-order valence-corrected chi connectivity index (χ0v) is 10.4. The number of amides is 2. The summed E-state index contributed by atoms with van der Waals surface area (Å²) in [7, 11) is 0. The molecule has 1 atom stereocenters. The number of hydrogen-bond acceptors (Lipinski definition) is 5. The molecule has 19 heavy (non-hydrogen) atoms. The highest BCUT2D eigenvalue weighted by Crippen LogP contribution is 2.15. The number of carbonyl (C=O) groups excluding carboxylic acids is 3. The van der Waals surface area contributed by atoms with E-state index < -0.39 is 24.1 Å². The Kier molecular flexibility index (Phi) is 4.33. The average molecular weight is 265 g/mol. The lowest BCUT2D eigenvalue weighted by Crippen LogP contribution is -2.33. The van der Waals surface area contributed by atoms with Crippen LogP contribution < -0.4 is 0 Å². The molecule has 102 valence electrons. The molecule has 6 nitrogen and oxygen atoms in total. The minimum absolute atomic E-state index is 0.0697. The van der Waals surface area contributed by atoms with Crippen LogP contribution in [0.2, 0.25) is 0 Å². The standard InChI is InChI=1S/C13H15NO5/c15-11-8-9-12(16)14(11)19-13(17)18-10-6-4-2-1-3-5-7-10/h1-2,5,7,10H,3-4,6,8-9H2/b2-1+,7-5+. The van der Waals surface area contributed by atoms with Crippen molar-refractivity contribution in [2.24, 2.45) is 0 Å². The maximum atomic E-state index is 11.5. The normalized spacial score (nSPS) is 26.5. The van der Waals surface area contributed by atoms with Gasteiger partial charge in [0, 0.05) is 12.8 Å². The van der Waals surface area contributed by atoms with Gasteiger partial charge in [0.2, 0.25) is 0 Å². The van der Waals surface area contributed by atoms with E-state index in [1.54, 1.807) is 6.08 Å². The molecular formula is C13H15NO5. The van der Waals surface area contributed by atoms with Gasteiger partial charge in [0.15, 0.2) is 0 Å². The Morgan fingerprint density at radius 3 is 2.63 bits per heavy atom. The van der Waals surface area contributed by atoms with Gasteiger partial charge < -0.3 is 4.74 Å². The molecular weight excluding hydrogens is 250 g/mol. The molecule has 1 heterocycles. The summed E-state index contributed by atoms with van der Waals surface area (Å²) in [6, 6.07) is 0. The van der Waals surface area contributed by atoms with E-state index >= 15 is 0 Å². The van der Waals surface area contributed by atoms with Crippen molar-refractivity contribution in [3.63, 3.8) is 0 Å². The van der Waals surface area contributed by atoms with E-state index in [4.69, 9.17) is 4.74 Å². The van der Waals surface area contributed by atoms with Crippen LogP contribution in [0.1, 0.15) is 32.1 Å². The first-order valence-corrected chi connectivity index (χ1v) is 6.23. The van der Waals surface area contributed by atoms with Crippen LogP contribution in [-0.4, -0.2) is 29.1 Å². The molecule has 0 saturated carbocycles. The minimum Gasteiger partial charge on any atom is -0.425 e. The van der Waals surface area contributed by atoms with Crippen LogP contribution in [-0.2, 0) is 19.2 Å². The van der Waals surface area contributed by atoms with Crippen molar-refractivity contribution in [1.82, 2.24) is 5.06 Å². The SMILES string of the molecule is O=C(OC1/C=C/C/C=C/CC1)ON1C(=O)CCC1=O. The number of hydrogen-bond donors (Lipinski definition) is 0. The number of imide groups is 1. The highest BCUT2D eigenvalue weighted by Gasteiger charge is 2.33. The van der Waals surface area contributed by atoms with Gasteiger partial charge in [-0.3, -0.25) is 14.4 Å². The summed E-state index contributed by atoms with van der Waals surface area (Å²) in [5.74, 6) is -1.03. The van der Waals surface area contributed by atoms with Gasteiger partial charge in [-0.1, -0.05) is 23.3 Å². The van der Waals surface area contributed by atoms with Crippen LogP contribution in [0.5, 0.6) is 0 Å². The van der Waals surface area contributed by atoms with Crippen LogP contribution in [0.4, 0.5) is 4.79 Å². The lowest BCUT2D eigenvalue weighted by atomic mass is 10.1. The number of allylic oxidation sites excluding steroid dienone is 3. The molecule has 1 unspecified atom stereocenters. The predicted molar refractivity (Wildman–Crippen MR) is 64.6 cm³/mol. The molecule has 1 saturated heterocycles. The van der Waals surface area contributed by atoms with Crippen LogP contribution in [0.15, 0.2) is 24.3 Å². The van der Waals surface area contributed by atoms with Gasteiger partial charge in [-0.2, -0.15) is 0 Å². The summed E-state index contributed by atoms with van der Waals surface area (Å²) in [4.78, 5) is 38.7. The van der Waals surface area contributed by atoms with E-state index in [0.717, 1.165) is 12.8 Å². The van der Waals surface area contributed by atoms with E-state index in [-0.39, 0.29) is 12.8 Å². The lowest BCUT2D eigenvalue weighted by Gasteiger charge is -2.17. The highest BCUT2D eigenvalue weighted by atomic mass is 16.8. The van der Waals surface area contributed by atoms with Gasteiger partial charge in [0.25, 0.3) is 11.8 Å². The minimum atomic E-state index is -1.03. The van der Waals surface area contributed by atoms with Crippen LogP contribution >= 0.6 is 0 Å². The largest absolute Gasteiger partial charge is 0.534 e. The van der Waals surface area contributed by atoms with Crippen molar-refractivity contribution in [1.29, 1.82) is 0 Å². The Balaban J connectivity index is 1.85. The summed E-state index contributed by atoms with van der Waals surface area (Å²) in [6.07, 6.45) is 8.66. The molecule has 1 aliphatic heterocycles. The molecule has 0 aromatic rings. The number of nitrogens with zero attached hydrogens (tertiary/aromatic N) is 1. The smallest absolute Gasteiger partial charge is 0.425 e. The monoisotopic (exact) mass is 265 g/mol. The molecule has 2 aliphatic rings. The lowest BCUT2D eigenvalue weighted by molar-refractivity contribution is -0.178. The molecule has 6 heteroatoms. The Labute approximate surface area is 110 Å². The quantitative estimate of drug-likeness (QED) is 0.433. The second-order valence-corrected chi connectivity index (χ2v) is 4.29. The Bertz CT molecular complexity index is 424. The van der Waals surface area contributed by atoms with Gasteiger partial charge in [0.05, 0.1) is 0 Å². The average Bonchev–Trinajstić information content (AvgIpc) is 2.64. The summed E-state index contributed by atoms with van der Waals surface area (Å²) >= 11 is 0. The van der Waals surface area contributed by atoms with Crippen molar-refractivity contribution in [3.05, 3.63) is 24.3 Å². The third-order valence-corrected chi connectivity index (χ3v) is 2.83. The Morgan fingerprint density at radius 2 is 1.89 bits per heavy atom. The van der Waals surface area contributed by atoms with Crippen molar-refractivity contribution in [3.8, 4) is 0 Å². The first kappa shape index (κ1) is 13.3. The first-order chi connectivity index (χ1) is 9.16. The van der Waals surface area contributed by atoms with Gasteiger partial charge in [-0.15, -0.1) is 0 Å². The number of carbonyl (C=O) groups is 3. The van der Waals surface area contributed by atoms with Gasteiger partial charge >= 0.3 is 6.16 Å². The Hall–Kier alpha value is -2.11. The zero-order chi connectivity index (χ0) is 13.7. The van der Waals surface area contributed by atoms with E-state index in [0.29, 0.717) is 11.5 Å². The summed E-state index contributed by atoms with van der Waals surface area (Å²) in [5.41, 5.74) is 0. The van der Waals surface area contributed by atoms with Crippen molar-refractivity contribution in [2.75, 3.05) is 0 Å². The summed E-state index contributed by atoms with van der Waals surface area (Å²) < 4.78 is 5.06. The van der Waals surface area contributed by atoms with Crippen LogP contribution in [0.3, 0.4) is 0 Å². The van der Waals surface area contributed by atoms with Crippen LogP contribution in [0.25, 0.3) is 0 Å². The van der Waals surface area contributed by atoms with Crippen molar-refractivity contribution < 1.29 is 24.0 Å². The fourth-order valence-electron chi connectivity index (χ4n) is 1.86. The molecule has 1 aliphatic carbocycles. The predicted octanol–water partition coefficient (Wildman–Crippen LogP) is 1.87. The highest BCUT2D eigenvalue weighted by molar-refractivity contribution is 6.01.